The number of fused-ring (bicyclic) bond motifs is 2. The van der Waals surface area contributed by atoms with Crippen molar-refractivity contribution in [2.24, 2.45) is 0 Å². The van der Waals surface area contributed by atoms with Crippen LogP contribution in [0.25, 0.3) is 56.2 Å². The van der Waals surface area contributed by atoms with E-state index < -0.39 is 0 Å². The molecule has 2 heterocycles. The number of para-hydroxylation sites is 6. The van der Waals surface area contributed by atoms with Crippen LogP contribution in [0.2, 0.25) is 0 Å². The molecule has 6 aromatic carbocycles. The maximum atomic E-state index is 5.26. The molecule has 0 radical (unpaired) electrons. The van der Waals surface area contributed by atoms with Gasteiger partial charge in [0.1, 0.15) is 11.6 Å². The topological polar surface area (TPSA) is 35.6 Å². The van der Waals surface area contributed by atoms with Gasteiger partial charge in [0.15, 0.2) is 0 Å². The minimum atomic E-state index is 0.368. The minimum absolute atomic E-state index is 0.368. The zero-order valence-electron chi connectivity index (χ0n) is 28.2. The quantitative estimate of drug-likeness (QED) is 0.164. The summed E-state index contributed by atoms with van der Waals surface area (Å²) in [5.74, 6) is 2.63. The van der Waals surface area contributed by atoms with Crippen molar-refractivity contribution >= 4 is 33.8 Å². The first-order chi connectivity index (χ1) is 24.0. The summed E-state index contributed by atoms with van der Waals surface area (Å²) in [5.41, 5.74) is 11.4. The zero-order valence-corrected chi connectivity index (χ0v) is 29.0. The second-order valence-electron chi connectivity index (χ2n) is 13.1. The monoisotopic (exact) mass is 654 g/mol. The molecule has 0 aliphatic rings. The number of imidazole rings is 2. The van der Waals surface area contributed by atoms with E-state index in [-0.39, 0.29) is 0 Å². The average molecular weight is 655 g/mol. The van der Waals surface area contributed by atoms with E-state index in [1.807, 2.05) is 6.07 Å². The lowest BCUT2D eigenvalue weighted by Gasteiger charge is -2.22. The lowest BCUT2D eigenvalue weighted by molar-refractivity contribution is 0.811. The molecule has 0 N–H and O–H groups in total. The lowest BCUT2D eigenvalue weighted by Crippen LogP contribution is -2.08. The summed E-state index contributed by atoms with van der Waals surface area (Å²) in [7, 11) is 0. The van der Waals surface area contributed by atoms with Gasteiger partial charge < -0.3 is 0 Å². The van der Waals surface area contributed by atoms with Crippen LogP contribution in [0.5, 0.6) is 0 Å². The Hall–Kier alpha value is -5.39. The number of hydrogen-bond donors (Lipinski definition) is 0. The first-order valence-electron chi connectivity index (χ1n) is 17.0. The van der Waals surface area contributed by atoms with E-state index in [2.05, 4.69) is 176 Å². The van der Waals surface area contributed by atoms with Crippen molar-refractivity contribution in [3.05, 3.63) is 157 Å². The molecule has 0 aliphatic heterocycles. The van der Waals surface area contributed by atoms with Crippen LogP contribution < -0.4 is 0 Å². The van der Waals surface area contributed by atoms with Crippen LogP contribution in [0, 0.1) is 0 Å². The summed E-state index contributed by atoms with van der Waals surface area (Å²) in [5, 5.41) is 0. The van der Waals surface area contributed by atoms with Crippen molar-refractivity contribution in [2.45, 2.75) is 49.3 Å². The Kier molecular flexibility index (Phi) is 8.14. The van der Waals surface area contributed by atoms with Gasteiger partial charge >= 0.3 is 0 Å². The minimum Gasteiger partial charge on any atom is -0.292 e. The fraction of sp³-hybridized carbons (Fsp3) is 0.136. The highest BCUT2D eigenvalue weighted by Crippen LogP contribution is 2.39. The summed E-state index contributed by atoms with van der Waals surface area (Å²) in [4.78, 5) is 12.7. The first-order valence-corrected chi connectivity index (χ1v) is 17.8. The molecule has 0 bridgehead atoms. The Morgan fingerprint density at radius 3 is 1.49 bits per heavy atom. The molecule has 49 heavy (non-hydrogen) atoms. The molecule has 2 aromatic heterocycles. The highest BCUT2D eigenvalue weighted by Gasteiger charge is 2.22. The maximum Gasteiger partial charge on any atom is 0.145 e. The van der Waals surface area contributed by atoms with E-state index in [1.54, 1.807) is 11.8 Å². The Labute approximate surface area is 292 Å². The van der Waals surface area contributed by atoms with Gasteiger partial charge in [0.25, 0.3) is 0 Å². The molecule has 0 amide bonds. The molecule has 8 aromatic rings. The Morgan fingerprint density at radius 2 is 0.939 bits per heavy atom. The Morgan fingerprint density at radius 1 is 0.469 bits per heavy atom. The Bertz CT molecular complexity index is 2410. The summed E-state index contributed by atoms with van der Waals surface area (Å²) < 4.78 is 4.66. The van der Waals surface area contributed by atoms with Gasteiger partial charge in [0.05, 0.1) is 27.8 Å². The highest BCUT2D eigenvalue weighted by molar-refractivity contribution is 7.99. The normalized spacial score (nSPS) is 11.7. The average Bonchev–Trinajstić information content (AvgIpc) is 3.71. The molecule has 0 unspecified atom stereocenters. The van der Waals surface area contributed by atoms with Gasteiger partial charge in [-0.3, -0.25) is 9.13 Å². The number of benzene rings is 6. The Balaban J connectivity index is 1.21. The number of hydrogen-bond acceptors (Lipinski definition) is 3. The van der Waals surface area contributed by atoms with E-state index in [0.717, 1.165) is 60.3 Å². The van der Waals surface area contributed by atoms with E-state index in [4.69, 9.17) is 9.97 Å². The van der Waals surface area contributed by atoms with Crippen molar-refractivity contribution in [3.8, 4) is 34.2 Å². The van der Waals surface area contributed by atoms with E-state index in [1.165, 1.54) is 16.8 Å². The van der Waals surface area contributed by atoms with Crippen molar-refractivity contribution in [3.63, 3.8) is 0 Å². The molecule has 4 nitrogen and oxygen atoms in total. The molecule has 0 saturated carbocycles. The van der Waals surface area contributed by atoms with Crippen molar-refractivity contribution < 1.29 is 0 Å². The molecular formula is C44H38N4S. The highest BCUT2D eigenvalue weighted by atomic mass is 32.2. The van der Waals surface area contributed by atoms with Gasteiger partial charge in [0.2, 0.25) is 0 Å². The number of aromatic nitrogens is 4. The molecule has 240 valence electrons. The van der Waals surface area contributed by atoms with Crippen LogP contribution in [0.1, 0.15) is 50.7 Å². The van der Waals surface area contributed by atoms with E-state index in [0.29, 0.717) is 11.8 Å². The van der Waals surface area contributed by atoms with E-state index in [9.17, 15) is 0 Å². The lowest BCUT2D eigenvalue weighted by atomic mass is 9.92. The molecule has 5 heteroatoms. The summed E-state index contributed by atoms with van der Waals surface area (Å²) in [6.45, 7) is 9.12. The molecule has 0 aliphatic carbocycles. The van der Waals surface area contributed by atoms with Gasteiger partial charge in [-0.15, -0.1) is 0 Å². The fourth-order valence-corrected chi connectivity index (χ4v) is 7.74. The zero-order chi connectivity index (χ0) is 33.5. The van der Waals surface area contributed by atoms with Gasteiger partial charge in [-0.2, -0.15) is 0 Å². The molecular weight excluding hydrogens is 617 g/mol. The fourth-order valence-electron chi connectivity index (χ4n) is 6.81. The van der Waals surface area contributed by atoms with E-state index >= 15 is 0 Å². The van der Waals surface area contributed by atoms with Crippen LogP contribution >= 0.6 is 11.8 Å². The van der Waals surface area contributed by atoms with Gasteiger partial charge in [-0.1, -0.05) is 124 Å². The number of rotatable bonds is 8. The third-order valence-corrected chi connectivity index (χ3v) is 10.1. The molecule has 0 atom stereocenters. The van der Waals surface area contributed by atoms with Crippen LogP contribution in [0.4, 0.5) is 0 Å². The van der Waals surface area contributed by atoms with Crippen LogP contribution in [0.15, 0.2) is 155 Å². The van der Waals surface area contributed by atoms with Crippen molar-refractivity contribution in [1.82, 2.24) is 19.1 Å². The SMILES string of the molecule is CC(C)c1cccc(C(C)C)c1-n1c(-c2cccc(Sc3cccc(-c4nc5ccccc5n4-c4ccccc4)c3)c2)nc2ccccc21. The van der Waals surface area contributed by atoms with Gasteiger partial charge in [0, 0.05) is 26.6 Å². The smallest absolute Gasteiger partial charge is 0.145 e. The van der Waals surface area contributed by atoms with Gasteiger partial charge in [-0.05, 0) is 83.6 Å². The summed E-state index contributed by atoms with van der Waals surface area (Å²) in [6, 6.07) is 51.6. The van der Waals surface area contributed by atoms with Gasteiger partial charge in [-0.25, -0.2) is 9.97 Å². The maximum absolute atomic E-state index is 5.26. The molecule has 0 spiro atoms. The van der Waals surface area contributed by atoms with Crippen LogP contribution in [0.3, 0.4) is 0 Å². The van der Waals surface area contributed by atoms with Crippen LogP contribution in [-0.4, -0.2) is 19.1 Å². The summed E-state index contributed by atoms with van der Waals surface area (Å²) >= 11 is 1.76. The largest absolute Gasteiger partial charge is 0.292 e. The standard InChI is InChI=1S/C44H38N4S/c1-29(2)36-21-14-22-37(30(3)4)42(36)48-41-26-11-9-24-39(41)46-44(48)32-16-13-20-35(28-32)49-34-19-12-15-31(27-34)43-45-38-23-8-10-25-40(38)47(43)33-17-6-5-7-18-33/h5-30H,1-4H3. The number of nitrogens with zero attached hydrogens (tertiary/aromatic N) is 4. The molecule has 8 rings (SSSR count). The molecule has 0 saturated heterocycles. The predicted octanol–water partition coefficient (Wildman–Crippen LogP) is 12.1. The van der Waals surface area contributed by atoms with Crippen molar-refractivity contribution in [2.75, 3.05) is 0 Å². The third-order valence-electron chi connectivity index (χ3n) is 9.12. The van der Waals surface area contributed by atoms with Crippen molar-refractivity contribution in [1.29, 1.82) is 0 Å². The second-order valence-corrected chi connectivity index (χ2v) is 14.3. The van der Waals surface area contributed by atoms with Crippen LogP contribution in [-0.2, 0) is 0 Å². The summed E-state index contributed by atoms with van der Waals surface area (Å²) in [6.07, 6.45) is 0. The predicted molar refractivity (Wildman–Crippen MR) is 205 cm³/mol. The molecule has 0 fully saturated rings. The first kappa shape index (κ1) is 30.9. The third kappa shape index (κ3) is 5.74. The second kappa shape index (κ2) is 12.9.